The molecular formula is C16H27N5O3. The molecule has 1 aliphatic rings. The van der Waals surface area contributed by atoms with Crippen molar-refractivity contribution in [2.75, 3.05) is 44.6 Å². The molecule has 0 spiro atoms. The van der Waals surface area contributed by atoms with Crippen LogP contribution in [0, 0.1) is 6.92 Å². The molecule has 0 radical (unpaired) electrons. The molecule has 0 atom stereocenters. The summed E-state index contributed by atoms with van der Waals surface area (Å²) in [5.74, 6) is 1.03. The van der Waals surface area contributed by atoms with Crippen molar-refractivity contribution in [1.29, 1.82) is 0 Å². The van der Waals surface area contributed by atoms with Gasteiger partial charge in [0.1, 0.15) is 5.76 Å². The van der Waals surface area contributed by atoms with Gasteiger partial charge in [-0.2, -0.15) is 0 Å². The molecule has 1 aromatic heterocycles. The van der Waals surface area contributed by atoms with Gasteiger partial charge in [0, 0.05) is 37.8 Å². The second-order valence-corrected chi connectivity index (χ2v) is 7.22. The summed E-state index contributed by atoms with van der Waals surface area (Å²) in [6.07, 6.45) is 0. The van der Waals surface area contributed by atoms with Gasteiger partial charge >= 0.3 is 0 Å². The Bertz CT molecular complexity index is 571. The predicted octanol–water partition coefficient (Wildman–Crippen LogP) is 0.454. The van der Waals surface area contributed by atoms with Crippen LogP contribution in [0.2, 0.25) is 0 Å². The maximum Gasteiger partial charge on any atom is 0.239 e. The zero-order chi connectivity index (χ0) is 17.7. The molecule has 0 bridgehead atoms. The largest absolute Gasteiger partial charge is 0.360 e. The minimum absolute atomic E-state index is 0.0371. The number of carbonyl (C=O) groups excluding carboxylic acids is 2. The first-order valence-electron chi connectivity index (χ1n) is 8.20. The molecule has 2 rings (SSSR count). The number of hydrogen-bond acceptors (Lipinski definition) is 6. The number of aromatic nitrogens is 1. The lowest BCUT2D eigenvalue weighted by molar-refractivity contribution is -0.124. The summed E-state index contributed by atoms with van der Waals surface area (Å²) in [6, 6.07) is 1.68. The van der Waals surface area contributed by atoms with Crippen molar-refractivity contribution in [3.05, 3.63) is 11.8 Å². The van der Waals surface area contributed by atoms with Gasteiger partial charge < -0.3 is 15.2 Å². The maximum absolute atomic E-state index is 12.0. The number of amides is 2. The highest BCUT2D eigenvalue weighted by atomic mass is 16.5. The Hall–Kier alpha value is -1.93. The van der Waals surface area contributed by atoms with Crippen molar-refractivity contribution in [3.63, 3.8) is 0 Å². The van der Waals surface area contributed by atoms with Crippen LogP contribution < -0.4 is 10.6 Å². The molecule has 0 unspecified atom stereocenters. The number of anilines is 1. The van der Waals surface area contributed by atoms with E-state index in [1.54, 1.807) is 13.0 Å². The van der Waals surface area contributed by atoms with E-state index in [9.17, 15) is 9.59 Å². The molecule has 1 aromatic rings. The van der Waals surface area contributed by atoms with Crippen molar-refractivity contribution in [1.82, 2.24) is 20.3 Å². The van der Waals surface area contributed by atoms with Gasteiger partial charge in [0.25, 0.3) is 0 Å². The number of piperazine rings is 1. The van der Waals surface area contributed by atoms with Gasteiger partial charge in [0.2, 0.25) is 11.8 Å². The van der Waals surface area contributed by atoms with E-state index in [1.165, 1.54) is 0 Å². The van der Waals surface area contributed by atoms with Crippen molar-refractivity contribution in [2.45, 2.75) is 33.2 Å². The van der Waals surface area contributed by atoms with Crippen molar-refractivity contribution >= 4 is 17.6 Å². The summed E-state index contributed by atoms with van der Waals surface area (Å²) in [5, 5.41) is 9.43. The van der Waals surface area contributed by atoms with Gasteiger partial charge in [0.15, 0.2) is 5.82 Å². The lowest BCUT2D eigenvalue weighted by atomic mass is 10.1. The van der Waals surface area contributed by atoms with Gasteiger partial charge in [-0.1, -0.05) is 5.16 Å². The standard InChI is InChI=1S/C16H27N5O3/c1-12-9-13(19-24-12)17-14(22)10-20-5-7-21(8-6-20)11-15(23)18-16(2,3)4/h9H,5-8,10-11H2,1-4H3,(H,18,23)(H,17,19,22). The fraction of sp³-hybridized carbons (Fsp3) is 0.688. The molecule has 0 aromatic carbocycles. The number of nitrogens with one attached hydrogen (secondary N) is 2. The summed E-state index contributed by atoms with van der Waals surface area (Å²) in [4.78, 5) is 28.1. The second kappa shape index (κ2) is 7.76. The van der Waals surface area contributed by atoms with E-state index < -0.39 is 0 Å². The van der Waals surface area contributed by atoms with Crippen molar-refractivity contribution in [2.24, 2.45) is 0 Å². The van der Waals surface area contributed by atoms with Crippen LogP contribution in [0.3, 0.4) is 0 Å². The van der Waals surface area contributed by atoms with Crippen LogP contribution in [-0.4, -0.2) is 71.6 Å². The molecule has 1 fully saturated rings. The number of hydrogen-bond donors (Lipinski definition) is 2. The first kappa shape index (κ1) is 18.4. The van der Waals surface area contributed by atoms with E-state index in [4.69, 9.17) is 4.52 Å². The predicted molar refractivity (Wildman–Crippen MR) is 90.6 cm³/mol. The molecule has 24 heavy (non-hydrogen) atoms. The summed E-state index contributed by atoms with van der Waals surface area (Å²) < 4.78 is 4.92. The number of nitrogens with zero attached hydrogens (tertiary/aromatic N) is 3. The van der Waals surface area contributed by atoms with Crippen molar-refractivity contribution < 1.29 is 14.1 Å². The van der Waals surface area contributed by atoms with Gasteiger partial charge in [-0.15, -0.1) is 0 Å². The lowest BCUT2D eigenvalue weighted by Gasteiger charge is -2.34. The molecule has 0 aliphatic carbocycles. The fourth-order valence-electron chi connectivity index (χ4n) is 2.58. The molecule has 8 nitrogen and oxygen atoms in total. The number of rotatable bonds is 5. The van der Waals surface area contributed by atoms with Crippen LogP contribution >= 0.6 is 0 Å². The fourth-order valence-corrected chi connectivity index (χ4v) is 2.58. The summed E-state index contributed by atoms with van der Waals surface area (Å²) in [6.45, 7) is 11.5. The second-order valence-electron chi connectivity index (χ2n) is 7.22. The first-order valence-corrected chi connectivity index (χ1v) is 8.20. The normalized spacial score (nSPS) is 16.8. The van der Waals surface area contributed by atoms with E-state index >= 15 is 0 Å². The van der Waals surface area contributed by atoms with E-state index in [2.05, 4.69) is 25.6 Å². The monoisotopic (exact) mass is 337 g/mol. The molecule has 0 saturated carbocycles. The molecule has 1 saturated heterocycles. The average Bonchev–Trinajstić information content (AvgIpc) is 2.84. The van der Waals surface area contributed by atoms with Gasteiger partial charge in [-0.3, -0.25) is 19.4 Å². The van der Waals surface area contributed by atoms with Gasteiger partial charge in [-0.05, 0) is 27.7 Å². The Morgan fingerprint density at radius 2 is 1.67 bits per heavy atom. The zero-order valence-electron chi connectivity index (χ0n) is 14.9. The summed E-state index contributed by atoms with van der Waals surface area (Å²) in [5.41, 5.74) is -0.212. The average molecular weight is 337 g/mol. The molecule has 2 N–H and O–H groups in total. The highest BCUT2D eigenvalue weighted by Crippen LogP contribution is 2.08. The van der Waals surface area contributed by atoms with Crippen LogP contribution in [-0.2, 0) is 9.59 Å². The van der Waals surface area contributed by atoms with Gasteiger partial charge in [0.05, 0.1) is 13.1 Å². The quantitative estimate of drug-likeness (QED) is 0.811. The third kappa shape index (κ3) is 6.29. The Morgan fingerprint density at radius 3 is 2.12 bits per heavy atom. The minimum atomic E-state index is -0.212. The zero-order valence-corrected chi connectivity index (χ0v) is 14.9. The number of carbonyl (C=O) groups is 2. The lowest BCUT2D eigenvalue weighted by Crippen LogP contribution is -2.52. The maximum atomic E-state index is 12.0. The van der Waals surface area contributed by atoms with E-state index in [0.29, 0.717) is 24.7 Å². The highest BCUT2D eigenvalue weighted by Gasteiger charge is 2.22. The SMILES string of the molecule is Cc1cc(NC(=O)CN2CCN(CC(=O)NC(C)(C)C)CC2)no1. The Labute approximate surface area is 142 Å². The first-order chi connectivity index (χ1) is 11.2. The molecule has 8 heteroatoms. The molecular weight excluding hydrogens is 310 g/mol. The smallest absolute Gasteiger partial charge is 0.239 e. The molecule has 2 amide bonds. The summed E-state index contributed by atoms with van der Waals surface area (Å²) in [7, 11) is 0. The summed E-state index contributed by atoms with van der Waals surface area (Å²) >= 11 is 0. The highest BCUT2D eigenvalue weighted by molar-refractivity contribution is 5.91. The van der Waals surface area contributed by atoms with Gasteiger partial charge in [-0.25, -0.2) is 0 Å². The van der Waals surface area contributed by atoms with Crippen LogP contribution in [0.25, 0.3) is 0 Å². The Balaban J connectivity index is 1.69. The number of aryl methyl sites for hydroxylation is 1. The Kier molecular flexibility index (Phi) is 5.95. The van der Waals surface area contributed by atoms with Crippen LogP contribution in [0.5, 0.6) is 0 Å². The van der Waals surface area contributed by atoms with Crippen molar-refractivity contribution in [3.8, 4) is 0 Å². The van der Waals surface area contributed by atoms with Crippen LogP contribution in [0.4, 0.5) is 5.82 Å². The van der Waals surface area contributed by atoms with E-state index in [0.717, 1.165) is 26.2 Å². The van der Waals surface area contributed by atoms with Crippen LogP contribution in [0.1, 0.15) is 26.5 Å². The molecule has 1 aliphatic heterocycles. The third-order valence-corrected chi connectivity index (χ3v) is 3.61. The molecule has 134 valence electrons. The molecule has 2 heterocycles. The van der Waals surface area contributed by atoms with Crippen LogP contribution in [0.15, 0.2) is 10.6 Å². The Morgan fingerprint density at radius 1 is 1.12 bits per heavy atom. The van der Waals surface area contributed by atoms with E-state index in [1.807, 2.05) is 20.8 Å². The van der Waals surface area contributed by atoms with E-state index in [-0.39, 0.29) is 17.4 Å². The minimum Gasteiger partial charge on any atom is -0.360 e. The topological polar surface area (TPSA) is 90.7 Å². The third-order valence-electron chi connectivity index (χ3n) is 3.61.